The molecule has 0 spiro atoms. The van der Waals surface area contributed by atoms with E-state index < -0.39 is 0 Å². The number of methoxy groups -OCH3 is 1. The molecule has 0 atom stereocenters. The molecule has 21 heavy (non-hydrogen) atoms. The van der Waals surface area contributed by atoms with Crippen molar-refractivity contribution >= 4 is 5.91 Å². The van der Waals surface area contributed by atoms with Crippen LogP contribution in [-0.2, 0) is 11.3 Å². The zero-order valence-corrected chi connectivity index (χ0v) is 13.4. The van der Waals surface area contributed by atoms with Gasteiger partial charge < -0.3 is 14.5 Å². The van der Waals surface area contributed by atoms with Crippen LogP contribution in [0.15, 0.2) is 24.3 Å². The fourth-order valence-electron chi connectivity index (χ4n) is 3.10. The number of likely N-dealkylation sites (N-methyl/N-ethyl adjacent to an activating group) is 1. The van der Waals surface area contributed by atoms with Gasteiger partial charge in [-0.3, -0.25) is 4.79 Å². The van der Waals surface area contributed by atoms with E-state index >= 15 is 0 Å². The van der Waals surface area contributed by atoms with Crippen LogP contribution in [0.5, 0.6) is 5.75 Å². The number of benzene rings is 1. The van der Waals surface area contributed by atoms with Crippen molar-refractivity contribution in [3.63, 3.8) is 0 Å². The van der Waals surface area contributed by atoms with Gasteiger partial charge in [0.25, 0.3) is 5.91 Å². The highest BCUT2D eigenvalue weighted by atomic mass is 16.5. The smallest absolute Gasteiger partial charge is 0.275 e. The molecule has 0 bridgehead atoms. The Morgan fingerprint density at radius 1 is 1.24 bits per heavy atom. The lowest BCUT2D eigenvalue weighted by molar-refractivity contribution is -0.906. The maximum absolute atomic E-state index is 12.2. The van der Waals surface area contributed by atoms with E-state index in [0.29, 0.717) is 19.1 Å². The fourth-order valence-corrected chi connectivity index (χ4v) is 3.10. The van der Waals surface area contributed by atoms with Crippen molar-refractivity contribution in [1.29, 1.82) is 0 Å². The topological polar surface area (TPSA) is 38.3 Å². The summed E-state index contributed by atoms with van der Waals surface area (Å²) in [4.78, 5) is 12.2. The van der Waals surface area contributed by atoms with Gasteiger partial charge in [-0.05, 0) is 43.4 Å². The van der Waals surface area contributed by atoms with E-state index in [1.54, 1.807) is 7.11 Å². The Morgan fingerprint density at radius 3 is 2.43 bits per heavy atom. The van der Waals surface area contributed by atoms with E-state index in [9.17, 15) is 4.79 Å². The van der Waals surface area contributed by atoms with Gasteiger partial charge in [-0.15, -0.1) is 0 Å². The summed E-state index contributed by atoms with van der Waals surface area (Å²) in [5, 5.41) is 3.02. The molecule has 4 nitrogen and oxygen atoms in total. The number of carbonyl (C=O) groups is 1. The van der Waals surface area contributed by atoms with Gasteiger partial charge in [-0.2, -0.15) is 0 Å². The molecule has 116 valence electrons. The number of rotatable bonds is 6. The number of amides is 1. The van der Waals surface area contributed by atoms with Gasteiger partial charge in [0.1, 0.15) is 5.75 Å². The van der Waals surface area contributed by atoms with Crippen LogP contribution in [0.2, 0.25) is 0 Å². The molecule has 1 amide bonds. The average molecular weight is 291 g/mol. The summed E-state index contributed by atoms with van der Waals surface area (Å²) < 4.78 is 5.93. The standard InChI is InChI=1S/C17H26N2O2/c1-19(2,15-6-4-5-7-15)13-17(20)18-12-14-8-10-16(21-3)11-9-14/h8-11,15H,4-7,12-13H2,1-3H3/p+1. The molecule has 1 N–H and O–H groups in total. The molecule has 0 saturated heterocycles. The van der Waals surface area contributed by atoms with Crippen LogP contribution in [0.3, 0.4) is 0 Å². The number of hydrogen-bond acceptors (Lipinski definition) is 2. The second kappa shape index (κ2) is 6.94. The Hall–Kier alpha value is -1.55. The Labute approximate surface area is 127 Å². The lowest BCUT2D eigenvalue weighted by atomic mass is 10.2. The summed E-state index contributed by atoms with van der Waals surface area (Å²) in [6.07, 6.45) is 5.11. The molecule has 1 aliphatic carbocycles. The van der Waals surface area contributed by atoms with Crippen molar-refractivity contribution in [1.82, 2.24) is 5.32 Å². The molecule has 0 heterocycles. The largest absolute Gasteiger partial charge is 0.497 e. The van der Waals surface area contributed by atoms with Crippen molar-refractivity contribution in [2.45, 2.75) is 38.3 Å². The van der Waals surface area contributed by atoms with Crippen molar-refractivity contribution < 1.29 is 14.0 Å². The second-order valence-corrected chi connectivity index (χ2v) is 6.50. The molecule has 0 aliphatic heterocycles. The number of quaternary nitrogens is 1. The van der Waals surface area contributed by atoms with E-state index in [4.69, 9.17) is 4.74 Å². The molecule has 1 fully saturated rings. The van der Waals surface area contributed by atoms with Crippen LogP contribution in [0.25, 0.3) is 0 Å². The second-order valence-electron chi connectivity index (χ2n) is 6.50. The monoisotopic (exact) mass is 291 g/mol. The minimum absolute atomic E-state index is 0.128. The Kier molecular flexibility index (Phi) is 5.23. The molecule has 0 radical (unpaired) electrons. The van der Waals surface area contributed by atoms with Gasteiger partial charge in [0.2, 0.25) is 0 Å². The van der Waals surface area contributed by atoms with Crippen LogP contribution >= 0.6 is 0 Å². The lowest BCUT2D eigenvalue weighted by Crippen LogP contribution is -2.52. The minimum atomic E-state index is 0.128. The summed E-state index contributed by atoms with van der Waals surface area (Å²) in [5.41, 5.74) is 1.09. The maximum Gasteiger partial charge on any atom is 0.275 e. The van der Waals surface area contributed by atoms with Gasteiger partial charge in [-0.1, -0.05) is 12.1 Å². The quantitative estimate of drug-likeness (QED) is 0.817. The third kappa shape index (κ3) is 4.46. The summed E-state index contributed by atoms with van der Waals surface area (Å²) in [6.45, 7) is 1.13. The average Bonchev–Trinajstić information content (AvgIpc) is 3.00. The molecule has 1 aliphatic rings. The predicted octanol–water partition coefficient (Wildman–Crippen LogP) is 2.33. The predicted molar refractivity (Wildman–Crippen MR) is 84.1 cm³/mol. The normalized spacial score (nSPS) is 16.0. The van der Waals surface area contributed by atoms with Gasteiger partial charge >= 0.3 is 0 Å². The SMILES string of the molecule is COc1ccc(CNC(=O)C[N+](C)(C)C2CCCC2)cc1. The number of nitrogens with zero attached hydrogens (tertiary/aromatic N) is 1. The summed E-state index contributed by atoms with van der Waals surface area (Å²) in [7, 11) is 5.99. The minimum Gasteiger partial charge on any atom is -0.497 e. The molecule has 0 unspecified atom stereocenters. The number of hydrogen-bond donors (Lipinski definition) is 1. The van der Waals surface area contributed by atoms with Crippen LogP contribution in [0, 0.1) is 0 Å². The van der Waals surface area contributed by atoms with Crippen molar-refractivity contribution in [3.05, 3.63) is 29.8 Å². The van der Waals surface area contributed by atoms with Gasteiger partial charge in [0.15, 0.2) is 6.54 Å². The van der Waals surface area contributed by atoms with Crippen LogP contribution < -0.4 is 10.1 Å². The fraction of sp³-hybridized carbons (Fsp3) is 0.588. The molecular weight excluding hydrogens is 264 g/mol. The first kappa shape index (κ1) is 15.8. The van der Waals surface area contributed by atoms with Crippen LogP contribution in [0.1, 0.15) is 31.2 Å². The third-order valence-electron chi connectivity index (χ3n) is 4.51. The van der Waals surface area contributed by atoms with E-state index in [2.05, 4.69) is 19.4 Å². The first-order chi connectivity index (χ1) is 10.0. The zero-order chi connectivity index (χ0) is 15.3. The third-order valence-corrected chi connectivity index (χ3v) is 4.51. The number of nitrogens with one attached hydrogen (secondary N) is 1. The first-order valence-corrected chi connectivity index (χ1v) is 7.73. The number of ether oxygens (including phenoxy) is 1. The Bertz CT molecular complexity index is 462. The molecule has 1 aromatic rings. The van der Waals surface area contributed by atoms with Gasteiger partial charge in [-0.25, -0.2) is 0 Å². The van der Waals surface area contributed by atoms with Gasteiger partial charge in [0.05, 0.1) is 27.2 Å². The van der Waals surface area contributed by atoms with Crippen LogP contribution in [-0.4, -0.2) is 44.2 Å². The summed E-state index contributed by atoms with van der Waals surface area (Å²) in [5.74, 6) is 0.965. The van der Waals surface area contributed by atoms with Gasteiger partial charge in [0, 0.05) is 6.54 Å². The van der Waals surface area contributed by atoms with Crippen LogP contribution in [0.4, 0.5) is 0 Å². The molecule has 2 rings (SSSR count). The molecule has 1 aromatic carbocycles. The van der Waals surface area contributed by atoms with E-state index in [0.717, 1.165) is 15.8 Å². The number of carbonyl (C=O) groups excluding carboxylic acids is 1. The van der Waals surface area contributed by atoms with E-state index in [1.807, 2.05) is 24.3 Å². The molecular formula is C17H27N2O2+. The molecule has 0 aromatic heterocycles. The van der Waals surface area contributed by atoms with E-state index in [-0.39, 0.29) is 5.91 Å². The van der Waals surface area contributed by atoms with E-state index in [1.165, 1.54) is 25.7 Å². The summed E-state index contributed by atoms with van der Waals surface area (Å²) >= 11 is 0. The van der Waals surface area contributed by atoms with Crippen molar-refractivity contribution in [2.75, 3.05) is 27.7 Å². The first-order valence-electron chi connectivity index (χ1n) is 7.73. The highest BCUT2D eigenvalue weighted by Crippen LogP contribution is 2.26. The molecule has 4 heteroatoms. The lowest BCUT2D eigenvalue weighted by Gasteiger charge is -2.35. The molecule has 1 saturated carbocycles. The Morgan fingerprint density at radius 2 is 1.86 bits per heavy atom. The zero-order valence-electron chi connectivity index (χ0n) is 13.4. The highest BCUT2D eigenvalue weighted by molar-refractivity contribution is 5.77. The van der Waals surface area contributed by atoms with Crippen molar-refractivity contribution in [2.24, 2.45) is 0 Å². The highest BCUT2D eigenvalue weighted by Gasteiger charge is 2.32. The Balaban J connectivity index is 1.80. The maximum atomic E-state index is 12.2. The van der Waals surface area contributed by atoms with Crippen molar-refractivity contribution in [3.8, 4) is 5.75 Å². The summed E-state index contributed by atoms with van der Waals surface area (Å²) in [6, 6.07) is 8.43.